The van der Waals surface area contributed by atoms with E-state index in [9.17, 15) is 9.59 Å². The van der Waals surface area contributed by atoms with Crippen LogP contribution < -0.4 is 5.32 Å². The van der Waals surface area contributed by atoms with Gasteiger partial charge in [0.1, 0.15) is 0 Å². The van der Waals surface area contributed by atoms with E-state index in [1.54, 1.807) is 13.1 Å². The Labute approximate surface area is 138 Å². The van der Waals surface area contributed by atoms with E-state index in [1.807, 2.05) is 53.9 Å². The van der Waals surface area contributed by atoms with Crippen LogP contribution in [0.4, 0.5) is 5.69 Å². The Kier molecular flexibility index (Phi) is 4.39. The second-order valence-corrected chi connectivity index (χ2v) is 6.16. The molecule has 4 nitrogen and oxygen atoms in total. The molecule has 2 amide bonds. The van der Waals surface area contributed by atoms with Crippen molar-refractivity contribution in [2.45, 2.75) is 0 Å². The van der Waals surface area contributed by atoms with E-state index in [2.05, 4.69) is 5.32 Å². The van der Waals surface area contributed by atoms with Crippen molar-refractivity contribution in [3.63, 3.8) is 0 Å². The summed E-state index contributed by atoms with van der Waals surface area (Å²) in [5.74, 6) is -0.359. The summed E-state index contributed by atoms with van der Waals surface area (Å²) < 4.78 is 0. The normalized spacial score (nSPS) is 10.5. The van der Waals surface area contributed by atoms with Crippen LogP contribution >= 0.6 is 11.3 Å². The van der Waals surface area contributed by atoms with Gasteiger partial charge in [-0.15, -0.1) is 11.3 Å². The summed E-state index contributed by atoms with van der Waals surface area (Å²) in [5.41, 5.74) is 0.755. The number of benzene rings is 2. The number of nitrogens with one attached hydrogen (secondary N) is 1. The van der Waals surface area contributed by atoms with Gasteiger partial charge in [0.25, 0.3) is 5.91 Å². The smallest absolute Gasteiger partial charge is 0.264 e. The van der Waals surface area contributed by atoms with Crippen molar-refractivity contribution < 1.29 is 9.59 Å². The van der Waals surface area contributed by atoms with E-state index in [-0.39, 0.29) is 18.4 Å². The molecule has 0 aliphatic rings. The average molecular weight is 324 g/mol. The van der Waals surface area contributed by atoms with Crippen LogP contribution in [0.15, 0.2) is 60.0 Å². The molecule has 0 unspecified atom stereocenters. The number of carbonyl (C=O) groups excluding carboxylic acids is 2. The highest BCUT2D eigenvalue weighted by molar-refractivity contribution is 7.12. The zero-order valence-electron chi connectivity index (χ0n) is 12.7. The molecule has 3 rings (SSSR count). The average Bonchev–Trinajstić information content (AvgIpc) is 3.08. The highest BCUT2D eigenvalue weighted by Gasteiger charge is 2.16. The van der Waals surface area contributed by atoms with Crippen LogP contribution in [0, 0.1) is 0 Å². The zero-order valence-corrected chi connectivity index (χ0v) is 13.5. The van der Waals surface area contributed by atoms with E-state index in [4.69, 9.17) is 0 Å². The summed E-state index contributed by atoms with van der Waals surface area (Å²) in [6.07, 6.45) is 0. The molecule has 23 heavy (non-hydrogen) atoms. The molecule has 0 bridgehead atoms. The fraction of sp³-hybridized carbons (Fsp3) is 0.111. The molecular formula is C18H16N2O2S. The number of nitrogens with zero attached hydrogens (tertiary/aromatic N) is 1. The second-order valence-electron chi connectivity index (χ2n) is 5.21. The predicted octanol–water partition coefficient (Wildman–Crippen LogP) is 3.61. The molecule has 1 N–H and O–H groups in total. The van der Waals surface area contributed by atoms with Crippen molar-refractivity contribution in [1.82, 2.24) is 4.90 Å². The van der Waals surface area contributed by atoms with Gasteiger partial charge in [-0.3, -0.25) is 9.59 Å². The Hall–Kier alpha value is -2.66. The lowest BCUT2D eigenvalue weighted by Gasteiger charge is -2.16. The number of rotatable bonds is 4. The lowest BCUT2D eigenvalue weighted by molar-refractivity contribution is -0.116. The number of fused-ring (bicyclic) bond motifs is 1. The first-order valence-electron chi connectivity index (χ1n) is 7.22. The van der Waals surface area contributed by atoms with Gasteiger partial charge in [-0.2, -0.15) is 0 Å². The van der Waals surface area contributed by atoms with Gasteiger partial charge >= 0.3 is 0 Å². The first kappa shape index (κ1) is 15.2. The van der Waals surface area contributed by atoms with Gasteiger partial charge in [0.05, 0.1) is 11.4 Å². The van der Waals surface area contributed by atoms with Gasteiger partial charge in [-0.25, -0.2) is 0 Å². The molecule has 0 atom stereocenters. The van der Waals surface area contributed by atoms with Crippen molar-refractivity contribution in [1.29, 1.82) is 0 Å². The molecule has 0 radical (unpaired) electrons. The molecule has 0 saturated heterocycles. The second kappa shape index (κ2) is 6.62. The van der Waals surface area contributed by atoms with Gasteiger partial charge in [0.2, 0.25) is 5.91 Å². The molecule has 116 valence electrons. The van der Waals surface area contributed by atoms with Crippen molar-refractivity contribution in [2.75, 3.05) is 18.9 Å². The molecule has 0 aliphatic carbocycles. The van der Waals surface area contributed by atoms with Crippen molar-refractivity contribution in [3.05, 3.63) is 64.9 Å². The van der Waals surface area contributed by atoms with Crippen LogP contribution in [0.5, 0.6) is 0 Å². The topological polar surface area (TPSA) is 49.4 Å². The lowest BCUT2D eigenvalue weighted by Crippen LogP contribution is -2.34. The molecule has 5 heteroatoms. The molecule has 0 saturated carbocycles. The van der Waals surface area contributed by atoms with Crippen molar-refractivity contribution in [3.8, 4) is 0 Å². The summed E-state index contributed by atoms with van der Waals surface area (Å²) >= 11 is 1.37. The maximum atomic E-state index is 12.2. The number of hydrogen-bond acceptors (Lipinski definition) is 3. The molecule has 0 fully saturated rings. The van der Waals surface area contributed by atoms with Crippen LogP contribution in [0.1, 0.15) is 9.67 Å². The van der Waals surface area contributed by atoms with E-state index in [1.165, 1.54) is 16.2 Å². The Balaban J connectivity index is 1.70. The van der Waals surface area contributed by atoms with Crippen LogP contribution in [-0.2, 0) is 4.79 Å². The first-order chi connectivity index (χ1) is 11.1. The molecular weight excluding hydrogens is 308 g/mol. The Morgan fingerprint density at radius 3 is 2.61 bits per heavy atom. The van der Waals surface area contributed by atoms with E-state index in [0.29, 0.717) is 4.88 Å². The minimum absolute atomic E-state index is 0.0138. The maximum absolute atomic E-state index is 12.2. The largest absolute Gasteiger partial charge is 0.332 e. The predicted molar refractivity (Wildman–Crippen MR) is 93.9 cm³/mol. The number of likely N-dealkylation sites (N-methyl/N-ethyl adjacent to an activating group) is 1. The number of anilines is 1. The summed E-state index contributed by atoms with van der Waals surface area (Å²) in [7, 11) is 1.63. The highest BCUT2D eigenvalue weighted by atomic mass is 32.1. The van der Waals surface area contributed by atoms with Gasteiger partial charge in [0, 0.05) is 18.1 Å². The third-order valence-corrected chi connectivity index (χ3v) is 4.38. The number of thiophene rings is 1. The third kappa shape index (κ3) is 3.40. The van der Waals surface area contributed by atoms with Gasteiger partial charge in [-0.05, 0) is 22.9 Å². The lowest BCUT2D eigenvalue weighted by atomic mass is 10.1. The van der Waals surface area contributed by atoms with Crippen LogP contribution in [0.2, 0.25) is 0 Å². The number of hydrogen-bond donors (Lipinski definition) is 1. The summed E-state index contributed by atoms with van der Waals surface area (Å²) in [5, 5.41) is 6.78. The monoisotopic (exact) mass is 324 g/mol. The Bertz CT molecular complexity index is 838. The van der Waals surface area contributed by atoms with E-state index < -0.39 is 0 Å². The Morgan fingerprint density at radius 1 is 1.04 bits per heavy atom. The quantitative estimate of drug-likeness (QED) is 0.797. The van der Waals surface area contributed by atoms with Crippen LogP contribution in [0.25, 0.3) is 10.8 Å². The minimum Gasteiger partial charge on any atom is -0.332 e. The van der Waals surface area contributed by atoms with Gasteiger partial charge < -0.3 is 10.2 Å². The first-order valence-corrected chi connectivity index (χ1v) is 8.10. The summed E-state index contributed by atoms with van der Waals surface area (Å²) in [4.78, 5) is 26.5. The molecule has 1 heterocycles. The highest BCUT2D eigenvalue weighted by Crippen LogP contribution is 2.22. The molecule has 2 aromatic carbocycles. The molecule has 3 aromatic rings. The van der Waals surface area contributed by atoms with E-state index in [0.717, 1.165) is 16.5 Å². The fourth-order valence-corrected chi connectivity index (χ4v) is 3.12. The van der Waals surface area contributed by atoms with Crippen LogP contribution in [0.3, 0.4) is 0 Å². The summed E-state index contributed by atoms with van der Waals surface area (Å²) in [6.45, 7) is 0.0138. The van der Waals surface area contributed by atoms with Gasteiger partial charge in [0.15, 0.2) is 0 Å². The van der Waals surface area contributed by atoms with Crippen molar-refractivity contribution >= 4 is 39.6 Å². The SMILES string of the molecule is CN(CC(=O)Nc1cccc2ccccc12)C(=O)c1cccs1. The third-order valence-electron chi connectivity index (χ3n) is 3.52. The molecule has 1 aromatic heterocycles. The minimum atomic E-state index is -0.214. The van der Waals surface area contributed by atoms with Crippen molar-refractivity contribution in [2.24, 2.45) is 0 Å². The fourth-order valence-electron chi connectivity index (χ4n) is 2.40. The molecule has 0 aliphatic heterocycles. The van der Waals surface area contributed by atoms with Gasteiger partial charge in [-0.1, -0.05) is 42.5 Å². The van der Waals surface area contributed by atoms with Crippen LogP contribution in [-0.4, -0.2) is 30.3 Å². The number of carbonyl (C=O) groups is 2. The molecule has 0 spiro atoms. The maximum Gasteiger partial charge on any atom is 0.264 e. The standard InChI is InChI=1S/C18H16N2O2S/c1-20(18(22)16-10-5-11-23-16)12-17(21)19-15-9-4-7-13-6-2-3-8-14(13)15/h2-11H,12H2,1H3,(H,19,21). The summed E-state index contributed by atoms with van der Waals surface area (Å²) in [6, 6.07) is 17.2. The van der Waals surface area contributed by atoms with E-state index >= 15 is 0 Å². The zero-order chi connectivity index (χ0) is 16.2. The number of amides is 2. The Morgan fingerprint density at radius 2 is 1.83 bits per heavy atom.